The fourth-order valence-electron chi connectivity index (χ4n) is 3.65. The molecule has 0 bridgehead atoms. The van der Waals surface area contributed by atoms with Crippen LogP contribution in [0.3, 0.4) is 0 Å². The number of carboxylic acid groups (broad SMARTS) is 1. The quantitative estimate of drug-likeness (QED) is 0.769. The van der Waals surface area contributed by atoms with E-state index in [-0.39, 0.29) is 5.56 Å². The minimum Gasteiger partial charge on any atom is -0.478 e. The highest BCUT2D eigenvalue weighted by Gasteiger charge is 2.20. The van der Waals surface area contributed by atoms with E-state index in [9.17, 15) is 9.90 Å². The Labute approximate surface area is 158 Å². The zero-order chi connectivity index (χ0) is 19.0. The fraction of sp³-hybridized carbons (Fsp3) is 0.333. The van der Waals surface area contributed by atoms with Crippen molar-refractivity contribution in [3.05, 3.63) is 58.9 Å². The lowest BCUT2D eigenvalue weighted by Crippen LogP contribution is -2.36. The topological polar surface area (TPSA) is 67.6 Å². The van der Waals surface area contributed by atoms with E-state index in [0.717, 1.165) is 30.1 Å². The number of rotatable bonds is 4. The standard InChI is InChI=1S/C21H23N3O3/c1-14-5-3-4-6-16(14)13-24-15(2)22-20-18(21(25)26)11-17(12-19(20)24)23-7-9-27-10-8-23/h3-6,11-12H,7-10,13H2,1-2H3,(H,25,26). The van der Waals surface area contributed by atoms with Crippen LogP contribution in [0.15, 0.2) is 36.4 Å². The number of aryl methyl sites for hydroxylation is 2. The van der Waals surface area contributed by atoms with E-state index in [4.69, 9.17) is 4.74 Å². The maximum absolute atomic E-state index is 11.9. The van der Waals surface area contributed by atoms with Gasteiger partial charge < -0.3 is 19.3 Å². The molecule has 0 amide bonds. The van der Waals surface area contributed by atoms with Crippen LogP contribution in [0.1, 0.15) is 27.3 Å². The summed E-state index contributed by atoms with van der Waals surface area (Å²) < 4.78 is 7.54. The van der Waals surface area contributed by atoms with Crippen LogP contribution in [0.2, 0.25) is 0 Å². The molecule has 2 aromatic carbocycles. The monoisotopic (exact) mass is 365 g/mol. The number of carboxylic acids is 1. The summed E-state index contributed by atoms with van der Waals surface area (Å²) in [4.78, 5) is 18.7. The Balaban J connectivity index is 1.86. The highest BCUT2D eigenvalue weighted by Crippen LogP contribution is 2.29. The molecule has 6 nitrogen and oxygen atoms in total. The Morgan fingerprint density at radius 2 is 1.93 bits per heavy atom. The van der Waals surface area contributed by atoms with Crippen molar-refractivity contribution in [3.63, 3.8) is 0 Å². The molecular weight excluding hydrogens is 342 g/mol. The third-order valence-electron chi connectivity index (χ3n) is 5.23. The highest BCUT2D eigenvalue weighted by molar-refractivity contribution is 6.03. The first-order chi connectivity index (χ1) is 13.0. The van der Waals surface area contributed by atoms with Gasteiger partial charge in [0, 0.05) is 25.3 Å². The number of anilines is 1. The van der Waals surface area contributed by atoms with Crippen molar-refractivity contribution in [2.45, 2.75) is 20.4 Å². The van der Waals surface area contributed by atoms with Crippen LogP contribution in [0.5, 0.6) is 0 Å². The minimum atomic E-state index is -0.948. The lowest BCUT2D eigenvalue weighted by molar-refractivity contribution is 0.0699. The Morgan fingerprint density at radius 1 is 1.19 bits per heavy atom. The van der Waals surface area contributed by atoms with E-state index >= 15 is 0 Å². The van der Waals surface area contributed by atoms with Gasteiger partial charge in [0.2, 0.25) is 0 Å². The third kappa shape index (κ3) is 3.28. The molecule has 1 saturated heterocycles. The lowest BCUT2D eigenvalue weighted by Gasteiger charge is -2.29. The summed E-state index contributed by atoms with van der Waals surface area (Å²) >= 11 is 0. The lowest BCUT2D eigenvalue weighted by atomic mass is 10.1. The van der Waals surface area contributed by atoms with Crippen molar-refractivity contribution in [1.82, 2.24) is 9.55 Å². The number of ether oxygens (including phenoxy) is 1. The van der Waals surface area contributed by atoms with Gasteiger partial charge in [0.25, 0.3) is 0 Å². The second-order valence-electron chi connectivity index (χ2n) is 6.94. The van der Waals surface area contributed by atoms with Gasteiger partial charge in [0.05, 0.1) is 24.3 Å². The van der Waals surface area contributed by atoms with Gasteiger partial charge in [0.1, 0.15) is 11.3 Å². The number of fused-ring (bicyclic) bond motifs is 1. The maximum Gasteiger partial charge on any atom is 0.338 e. The van der Waals surface area contributed by atoms with Crippen LogP contribution in [0, 0.1) is 13.8 Å². The van der Waals surface area contributed by atoms with Crippen LogP contribution >= 0.6 is 0 Å². The molecule has 0 atom stereocenters. The summed E-state index contributed by atoms with van der Waals surface area (Å²) in [7, 11) is 0. The molecule has 2 heterocycles. The van der Waals surface area contributed by atoms with Crippen molar-refractivity contribution >= 4 is 22.7 Å². The summed E-state index contributed by atoms with van der Waals surface area (Å²) in [6.07, 6.45) is 0. The molecular formula is C21H23N3O3. The largest absolute Gasteiger partial charge is 0.478 e. The second kappa shape index (κ2) is 7.04. The molecule has 1 aliphatic rings. The summed E-state index contributed by atoms with van der Waals surface area (Å²) in [6, 6.07) is 12.0. The minimum absolute atomic E-state index is 0.251. The van der Waals surface area contributed by atoms with Crippen LogP contribution in [-0.4, -0.2) is 46.9 Å². The average molecular weight is 365 g/mol. The van der Waals surface area contributed by atoms with Gasteiger partial charge in [-0.3, -0.25) is 0 Å². The molecule has 0 unspecified atom stereocenters. The van der Waals surface area contributed by atoms with Gasteiger partial charge >= 0.3 is 5.97 Å². The van der Waals surface area contributed by atoms with E-state index in [2.05, 4.69) is 39.6 Å². The predicted molar refractivity (Wildman–Crippen MR) is 105 cm³/mol. The number of morpholine rings is 1. The molecule has 1 aromatic heterocycles. The van der Waals surface area contributed by atoms with E-state index in [0.29, 0.717) is 25.3 Å². The molecule has 4 rings (SSSR count). The first-order valence-corrected chi connectivity index (χ1v) is 9.16. The van der Waals surface area contributed by atoms with Crippen molar-refractivity contribution in [1.29, 1.82) is 0 Å². The second-order valence-corrected chi connectivity index (χ2v) is 6.94. The van der Waals surface area contributed by atoms with Crippen molar-refractivity contribution < 1.29 is 14.6 Å². The SMILES string of the molecule is Cc1ccccc1Cn1c(C)nc2c(C(=O)O)cc(N3CCOCC3)cc21. The Hall–Kier alpha value is -2.86. The fourth-order valence-corrected chi connectivity index (χ4v) is 3.65. The number of carbonyl (C=O) groups is 1. The molecule has 1 N–H and O–H groups in total. The van der Waals surface area contributed by atoms with E-state index < -0.39 is 5.97 Å². The molecule has 27 heavy (non-hydrogen) atoms. The molecule has 1 aliphatic heterocycles. The predicted octanol–water partition coefficient (Wildman–Crippen LogP) is 3.24. The molecule has 0 saturated carbocycles. The molecule has 6 heteroatoms. The van der Waals surface area contributed by atoms with Gasteiger partial charge in [-0.1, -0.05) is 24.3 Å². The first kappa shape index (κ1) is 17.5. The number of aromatic carboxylic acids is 1. The Morgan fingerprint density at radius 3 is 2.63 bits per heavy atom. The maximum atomic E-state index is 11.9. The number of imidazole rings is 1. The Bertz CT molecular complexity index is 1000. The van der Waals surface area contributed by atoms with Gasteiger partial charge in [-0.25, -0.2) is 9.78 Å². The Kier molecular flexibility index (Phi) is 4.58. The van der Waals surface area contributed by atoms with E-state index in [1.54, 1.807) is 6.07 Å². The number of aromatic nitrogens is 2. The van der Waals surface area contributed by atoms with Gasteiger partial charge in [-0.15, -0.1) is 0 Å². The van der Waals surface area contributed by atoms with Crippen LogP contribution in [0.4, 0.5) is 5.69 Å². The number of hydrogen-bond acceptors (Lipinski definition) is 4. The third-order valence-corrected chi connectivity index (χ3v) is 5.23. The molecule has 0 radical (unpaired) electrons. The summed E-state index contributed by atoms with van der Waals surface area (Å²) in [5, 5.41) is 9.75. The smallest absolute Gasteiger partial charge is 0.338 e. The number of benzene rings is 2. The summed E-state index contributed by atoms with van der Waals surface area (Å²) in [6.45, 7) is 7.51. The van der Waals surface area contributed by atoms with Gasteiger partial charge in [-0.2, -0.15) is 0 Å². The molecule has 3 aromatic rings. The zero-order valence-electron chi connectivity index (χ0n) is 15.6. The van der Waals surface area contributed by atoms with Crippen molar-refractivity contribution in [3.8, 4) is 0 Å². The van der Waals surface area contributed by atoms with Crippen LogP contribution in [0.25, 0.3) is 11.0 Å². The molecule has 0 spiro atoms. The normalized spacial score (nSPS) is 14.7. The van der Waals surface area contributed by atoms with Gasteiger partial charge in [-0.05, 0) is 37.1 Å². The van der Waals surface area contributed by atoms with E-state index in [1.807, 2.05) is 19.1 Å². The van der Waals surface area contributed by atoms with Crippen LogP contribution in [-0.2, 0) is 11.3 Å². The average Bonchev–Trinajstić information content (AvgIpc) is 2.98. The summed E-state index contributed by atoms with van der Waals surface area (Å²) in [5.74, 6) is -0.134. The van der Waals surface area contributed by atoms with Crippen molar-refractivity contribution in [2.24, 2.45) is 0 Å². The number of nitrogens with zero attached hydrogens (tertiary/aromatic N) is 3. The molecule has 0 aliphatic carbocycles. The molecule has 1 fully saturated rings. The van der Waals surface area contributed by atoms with Crippen molar-refractivity contribution in [2.75, 3.05) is 31.2 Å². The first-order valence-electron chi connectivity index (χ1n) is 9.16. The molecule has 140 valence electrons. The van der Waals surface area contributed by atoms with Gasteiger partial charge in [0.15, 0.2) is 0 Å². The summed E-state index contributed by atoms with van der Waals surface area (Å²) in [5.41, 5.74) is 4.98. The number of hydrogen-bond donors (Lipinski definition) is 1. The van der Waals surface area contributed by atoms with E-state index in [1.165, 1.54) is 11.1 Å². The highest BCUT2D eigenvalue weighted by atomic mass is 16.5. The zero-order valence-corrected chi connectivity index (χ0v) is 15.6. The van der Waals surface area contributed by atoms with Crippen LogP contribution < -0.4 is 4.90 Å².